The van der Waals surface area contributed by atoms with Gasteiger partial charge in [-0.25, -0.2) is 8.42 Å². The van der Waals surface area contributed by atoms with Crippen LogP contribution >= 0.6 is 0 Å². The average Bonchev–Trinajstić information content (AvgIpc) is 2.52. The molecule has 0 spiro atoms. The molecule has 0 aromatic heterocycles. The third-order valence-electron chi connectivity index (χ3n) is 3.82. The monoisotopic (exact) mass is 325 g/mol. The number of ether oxygens (including phenoxy) is 1. The summed E-state index contributed by atoms with van der Waals surface area (Å²) in [7, 11) is -3.40. The molecule has 1 amide bonds. The Balaban J connectivity index is 1.78. The minimum Gasteiger partial charge on any atom is -0.381 e. The Kier molecular flexibility index (Phi) is 5.97. The van der Waals surface area contributed by atoms with Gasteiger partial charge in [0.15, 0.2) is 9.84 Å². The molecule has 2 rings (SSSR count). The second-order valence-electron chi connectivity index (χ2n) is 5.77. The quantitative estimate of drug-likeness (QED) is 0.864. The molecule has 0 saturated carbocycles. The van der Waals surface area contributed by atoms with Gasteiger partial charge in [0.05, 0.1) is 17.3 Å². The topological polar surface area (TPSA) is 72.5 Å². The lowest BCUT2D eigenvalue weighted by Gasteiger charge is -2.22. The first-order valence-corrected chi connectivity index (χ1v) is 9.26. The standard InChI is InChI=1S/C16H23NO4S/c1-13-4-6-15(7-5-13)22(19,20)10-8-16(18)17-11-14-3-2-9-21-12-14/h4-7,14H,2-3,8-12H2,1H3,(H,17,18)/t14-/m0/s1. The van der Waals surface area contributed by atoms with Gasteiger partial charge >= 0.3 is 0 Å². The lowest BCUT2D eigenvalue weighted by Crippen LogP contribution is -2.34. The molecule has 1 aromatic carbocycles. The predicted molar refractivity (Wildman–Crippen MR) is 84.4 cm³/mol. The molecule has 5 nitrogen and oxygen atoms in total. The van der Waals surface area contributed by atoms with E-state index in [1.54, 1.807) is 24.3 Å². The van der Waals surface area contributed by atoms with Gasteiger partial charge in [-0.3, -0.25) is 4.79 Å². The number of sulfone groups is 1. The highest BCUT2D eigenvalue weighted by Gasteiger charge is 2.18. The number of carbonyl (C=O) groups excluding carboxylic acids is 1. The van der Waals surface area contributed by atoms with Crippen LogP contribution in [-0.4, -0.2) is 39.8 Å². The first kappa shape index (κ1) is 17.0. The van der Waals surface area contributed by atoms with E-state index in [4.69, 9.17) is 4.74 Å². The van der Waals surface area contributed by atoms with Crippen LogP contribution in [0.3, 0.4) is 0 Å². The number of rotatable bonds is 6. The summed E-state index contributed by atoms with van der Waals surface area (Å²) in [4.78, 5) is 12.1. The smallest absolute Gasteiger partial charge is 0.221 e. The van der Waals surface area contributed by atoms with E-state index in [0.717, 1.165) is 25.0 Å². The zero-order chi connectivity index (χ0) is 16.0. The van der Waals surface area contributed by atoms with Crippen molar-refractivity contribution in [3.05, 3.63) is 29.8 Å². The van der Waals surface area contributed by atoms with E-state index in [9.17, 15) is 13.2 Å². The number of benzene rings is 1. The van der Waals surface area contributed by atoms with Crippen LogP contribution in [0.25, 0.3) is 0 Å². The van der Waals surface area contributed by atoms with Gasteiger partial charge in [-0.2, -0.15) is 0 Å². The first-order valence-electron chi connectivity index (χ1n) is 7.61. The van der Waals surface area contributed by atoms with Crippen molar-refractivity contribution in [1.82, 2.24) is 5.32 Å². The molecule has 6 heteroatoms. The van der Waals surface area contributed by atoms with Crippen molar-refractivity contribution in [3.8, 4) is 0 Å². The predicted octanol–water partition coefficient (Wildman–Crippen LogP) is 1.70. The van der Waals surface area contributed by atoms with E-state index in [1.807, 2.05) is 6.92 Å². The molecule has 1 N–H and O–H groups in total. The highest BCUT2D eigenvalue weighted by Crippen LogP contribution is 2.14. The summed E-state index contributed by atoms with van der Waals surface area (Å²) < 4.78 is 29.7. The first-order chi connectivity index (χ1) is 10.5. The highest BCUT2D eigenvalue weighted by atomic mass is 32.2. The molecule has 1 saturated heterocycles. The van der Waals surface area contributed by atoms with Gasteiger partial charge < -0.3 is 10.1 Å². The molecule has 1 aliphatic rings. The van der Waals surface area contributed by atoms with Crippen LogP contribution < -0.4 is 5.32 Å². The lowest BCUT2D eigenvalue weighted by molar-refractivity contribution is -0.121. The molecule has 122 valence electrons. The Bertz CT molecular complexity index is 589. The summed E-state index contributed by atoms with van der Waals surface area (Å²) in [6, 6.07) is 6.69. The molecular formula is C16H23NO4S. The van der Waals surface area contributed by atoms with Gasteiger partial charge in [0, 0.05) is 19.6 Å². The SMILES string of the molecule is Cc1ccc(S(=O)(=O)CCC(=O)NC[C@@H]2CCCOC2)cc1. The van der Waals surface area contributed by atoms with Crippen molar-refractivity contribution in [2.24, 2.45) is 5.92 Å². The van der Waals surface area contributed by atoms with Crippen molar-refractivity contribution < 1.29 is 17.9 Å². The van der Waals surface area contributed by atoms with Crippen LogP contribution in [0.2, 0.25) is 0 Å². The minimum atomic E-state index is -3.40. The minimum absolute atomic E-state index is 0.0101. The number of amides is 1. The maximum atomic E-state index is 12.2. The van der Waals surface area contributed by atoms with Crippen LogP contribution in [-0.2, 0) is 19.4 Å². The number of hydrogen-bond donors (Lipinski definition) is 1. The molecule has 1 atom stereocenters. The third kappa shape index (κ3) is 5.10. The number of carbonyl (C=O) groups is 1. The Labute approximate surface area is 132 Å². The van der Waals surface area contributed by atoms with Gasteiger partial charge in [0.1, 0.15) is 0 Å². The summed E-state index contributed by atoms with van der Waals surface area (Å²) in [5, 5.41) is 2.80. The van der Waals surface area contributed by atoms with Gasteiger partial charge in [-0.1, -0.05) is 17.7 Å². The highest BCUT2D eigenvalue weighted by molar-refractivity contribution is 7.91. The van der Waals surface area contributed by atoms with Gasteiger partial charge in [-0.05, 0) is 37.8 Å². The van der Waals surface area contributed by atoms with Crippen LogP contribution in [0.15, 0.2) is 29.2 Å². The van der Waals surface area contributed by atoms with E-state index in [1.165, 1.54) is 0 Å². The van der Waals surface area contributed by atoms with E-state index in [2.05, 4.69) is 5.32 Å². The maximum absolute atomic E-state index is 12.2. The van der Waals surface area contributed by atoms with E-state index < -0.39 is 9.84 Å². The molecule has 1 aromatic rings. The second-order valence-corrected chi connectivity index (χ2v) is 7.88. The van der Waals surface area contributed by atoms with Crippen molar-refractivity contribution in [2.75, 3.05) is 25.5 Å². The third-order valence-corrected chi connectivity index (χ3v) is 5.55. The van der Waals surface area contributed by atoms with Crippen LogP contribution in [0.5, 0.6) is 0 Å². The summed E-state index contributed by atoms with van der Waals surface area (Å²) in [5.74, 6) is -0.0454. The van der Waals surface area contributed by atoms with Crippen LogP contribution in [0.1, 0.15) is 24.8 Å². The molecule has 0 unspecified atom stereocenters. The summed E-state index contributed by atoms with van der Waals surface area (Å²) in [6.45, 7) is 3.92. The molecule has 1 fully saturated rings. The van der Waals surface area contributed by atoms with Crippen molar-refractivity contribution in [3.63, 3.8) is 0 Å². The van der Waals surface area contributed by atoms with E-state index >= 15 is 0 Å². The normalized spacial score (nSPS) is 18.9. The van der Waals surface area contributed by atoms with Crippen molar-refractivity contribution in [1.29, 1.82) is 0 Å². The van der Waals surface area contributed by atoms with Gasteiger partial charge in [-0.15, -0.1) is 0 Å². The number of nitrogens with one attached hydrogen (secondary N) is 1. The van der Waals surface area contributed by atoms with Crippen LogP contribution in [0, 0.1) is 12.8 Å². The summed E-state index contributed by atoms with van der Waals surface area (Å²) in [5.41, 5.74) is 1.01. The molecule has 22 heavy (non-hydrogen) atoms. The molecular weight excluding hydrogens is 302 g/mol. The fourth-order valence-electron chi connectivity index (χ4n) is 2.41. The Hall–Kier alpha value is -1.40. The molecule has 1 aliphatic heterocycles. The molecule has 0 aliphatic carbocycles. The van der Waals surface area contributed by atoms with Gasteiger partial charge in [0.25, 0.3) is 0 Å². The maximum Gasteiger partial charge on any atom is 0.221 e. The number of aryl methyl sites for hydroxylation is 1. The van der Waals surface area contributed by atoms with Gasteiger partial charge in [0.2, 0.25) is 5.91 Å². The number of hydrogen-bond acceptors (Lipinski definition) is 4. The molecule has 1 heterocycles. The largest absolute Gasteiger partial charge is 0.381 e. The second kappa shape index (κ2) is 7.74. The van der Waals surface area contributed by atoms with Crippen LogP contribution in [0.4, 0.5) is 0 Å². The molecule has 0 radical (unpaired) electrons. The fraction of sp³-hybridized carbons (Fsp3) is 0.562. The zero-order valence-corrected chi connectivity index (χ0v) is 13.7. The fourth-order valence-corrected chi connectivity index (χ4v) is 3.65. The Morgan fingerprint density at radius 3 is 2.68 bits per heavy atom. The summed E-state index contributed by atoms with van der Waals surface area (Å²) >= 11 is 0. The Morgan fingerprint density at radius 2 is 2.05 bits per heavy atom. The van der Waals surface area contributed by atoms with E-state index in [-0.39, 0.29) is 23.0 Å². The summed E-state index contributed by atoms with van der Waals surface area (Å²) in [6.07, 6.45) is 2.05. The lowest BCUT2D eigenvalue weighted by atomic mass is 10.0. The zero-order valence-electron chi connectivity index (χ0n) is 12.9. The Morgan fingerprint density at radius 1 is 1.32 bits per heavy atom. The average molecular weight is 325 g/mol. The molecule has 0 bridgehead atoms. The van der Waals surface area contributed by atoms with Crippen molar-refractivity contribution in [2.45, 2.75) is 31.1 Å². The van der Waals surface area contributed by atoms with Crippen molar-refractivity contribution >= 4 is 15.7 Å². The van der Waals surface area contributed by atoms with E-state index in [0.29, 0.717) is 19.1 Å².